The average Bonchev–Trinajstić information content (AvgIpc) is 3.15. The molecule has 1 atom stereocenters. The molecule has 0 unspecified atom stereocenters. The molecular formula is C20H19BrN4O3. The summed E-state index contributed by atoms with van der Waals surface area (Å²) in [6.07, 6.45) is 2.72. The van der Waals surface area contributed by atoms with E-state index in [0.717, 1.165) is 15.7 Å². The van der Waals surface area contributed by atoms with Gasteiger partial charge in [-0.25, -0.2) is 4.68 Å². The highest BCUT2D eigenvalue weighted by molar-refractivity contribution is 9.10. The van der Waals surface area contributed by atoms with Crippen LogP contribution in [0.2, 0.25) is 0 Å². The van der Waals surface area contributed by atoms with Gasteiger partial charge in [0.1, 0.15) is 5.75 Å². The third-order valence-corrected chi connectivity index (χ3v) is 4.32. The van der Waals surface area contributed by atoms with Crippen molar-refractivity contribution in [1.82, 2.24) is 20.6 Å². The van der Waals surface area contributed by atoms with Crippen LogP contribution in [0.5, 0.6) is 5.75 Å². The van der Waals surface area contributed by atoms with Crippen LogP contribution in [-0.2, 0) is 16.0 Å². The molecule has 144 valence electrons. The fourth-order valence-corrected chi connectivity index (χ4v) is 2.81. The van der Waals surface area contributed by atoms with Crippen LogP contribution in [0.4, 0.5) is 0 Å². The SMILES string of the molecule is C[C@H](Oc1cccc(Br)c1)C(=O)NNC(=O)Cc1cnn(-c2ccccc2)c1. The normalized spacial score (nSPS) is 11.5. The maximum absolute atomic E-state index is 12.1. The van der Waals surface area contributed by atoms with Gasteiger partial charge in [-0.3, -0.25) is 20.4 Å². The first kappa shape index (κ1) is 19.6. The summed E-state index contributed by atoms with van der Waals surface area (Å²) >= 11 is 3.34. The Bertz CT molecular complexity index is 959. The molecule has 0 saturated heterocycles. The number of nitrogens with one attached hydrogen (secondary N) is 2. The summed E-state index contributed by atoms with van der Waals surface area (Å²) in [6, 6.07) is 16.8. The number of nitrogens with zero attached hydrogens (tertiary/aromatic N) is 2. The van der Waals surface area contributed by atoms with Gasteiger partial charge in [-0.2, -0.15) is 5.10 Å². The van der Waals surface area contributed by atoms with Crippen LogP contribution in [0.3, 0.4) is 0 Å². The van der Waals surface area contributed by atoms with Crippen molar-refractivity contribution in [2.75, 3.05) is 0 Å². The molecule has 0 aliphatic rings. The van der Waals surface area contributed by atoms with E-state index in [1.807, 2.05) is 36.4 Å². The van der Waals surface area contributed by atoms with E-state index < -0.39 is 12.0 Å². The zero-order valence-electron chi connectivity index (χ0n) is 15.1. The molecule has 0 saturated carbocycles. The Morgan fingerprint density at radius 2 is 1.93 bits per heavy atom. The maximum Gasteiger partial charge on any atom is 0.279 e. The van der Waals surface area contributed by atoms with Crippen molar-refractivity contribution >= 4 is 27.7 Å². The van der Waals surface area contributed by atoms with E-state index in [1.54, 1.807) is 42.2 Å². The van der Waals surface area contributed by atoms with E-state index >= 15 is 0 Å². The van der Waals surface area contributed by atoms with E-state index in [1.165, 1.54) is 0 Å². The number of rotatable bonds is 6. The minimum absolute atomic E-state index is 0.0913. The monoisotopic (exact) mass is 442 g/mol. The van der Waals surface area contributed by atoms with Crippen molar-refractivity contribution < 1.29 is 14.3 Å². The van der Waals surface area contributed by atoms with Crippen molar-refractivity contribution in [3.05, 3.63) is 77.0 Å². The van der Waals surface area contributed by atoms with Crippen molar-refractivity contribution in [2.24, 2.45) is 0 Å². The number of carbonyl (C=O) groups excluding carboxylic acids is 2. The number of hydrazine groups is 1. The molecular weight excluding hydrogens is 424 g/mol. The molecule has 8 heteroatoms. The number of para-hydroxylation sites is 1. The Morgan fingerprint density at radius 1 is 1.14 bits per heavy atom. The van der Waals surface area contributed by atoms with Crippen LogP contribution < -0.4 is 15.6 Å². The smallest absolute Gasteiger partial charge is 0.279 e. The molecule has 3 aromatic rings. The van der Waals surface area contributed by atoms with Gasteiger partial charge in [0.05, 0.1) is 18.3 Å². The fourth-order valence-electron chi connectivity index (χ4n) is 2.43. The Morgan fingerprint density at radius 3 is 2.68 bits per heavy atom. The summed E-state index contributed by atoms with van der Waals surface area (Å²) in [6.45, 7) is 1.60. The Balaban J connectivity index is 1.47. The molecule has 3 rings (SSSR count). The molecule has 2 N–H and O–H groups in total. The van der Waals surface area contributed by atoms with Crippen LogP contribution in [0, 0.1) is 0 Å². The first-order chi connectivity index (χ1) is 13.5. The molecule has 0 bridgehead atoms. The van der Waals surface area contributed by atoms with Gasteiger partial charge in [-0.15, -0.1) is 0 Å². The second-order valence-electron chi connectivity index (χ2n) is 6.06. The van der Waals surface area contributed by atoms with Gasteiger partial charge < -0.3 is 4.74 Å². The minimum atomic E-state index is -0.768. The van der Waals surface area contributed by atoms with Gasteiger partial charge in [0, 0.05) is 10.7 Å². The van der Waals surface area contributed by atoms with Gasteiger partial charge in [0.2, 0.25) is 5.91 Å². The Hall–Kier alpha value is -3.13. The molecule has 7 nitrogen and oxygen atoms in total. The van der Waals surface area contributed by atoms with E-state index in [-0.39, 0.29) is 12.3 Å². The summed E-state index contributed by atoms with van der Waals surface area (Å²) in [5.41, 5.74) is 6.40. The van der Waals surface area contributed by atoms with Crippen LogP contribution in [-0.4, -0.2) is 27.7 Å². The zero-order valence-corrected chi connectivity index (χ0v) is 16.7. The quantitative estimate of drug-likeness (QED) is 0.574. The molecule has 0 aliphatic heterocycles. The number of hydrogen-bond donors (Lipinski definition) is 2. The lowest BCUT2D eigenvalue weighted by Gasteiger charge is -2.15. The molecule has 0 aliphatic carbocycles. The summed E-state index contributed by atoms with van der Waals surface area (Å²) in [4.78, 5) is 24.2. The lowest BCUT2D eigenvalue weighted by atomic mass is 10.2. The van der Waals surface area contributed by atoms with Gasteiger partial charge >= 0.3 is 0 Å². The topological polar surface area (TPSA) is 85.2 Å². The fraction of sp³-hybridized carbons (Fsp3) is 0.150. The molecule has 28 heavy (non-hydrogen) atoms. The molecule has 2 aromatic carbocycles. The highest BCUT2D eigenvalue weighted by Crippen LogP contribution is 2.18. The van der Waals surface area contributed by atoms with Gasteiger partial charge in [-0.1, -0.05) is 40.2 Å². The predicted octanol–water partition coefficient (Wildman–Crippen LogP) is 2.79. The molecule has 0 spiro atoms. The number of amides is 2. The van der Waals surface area contributed by atoms with Gasteiger partial charge in [-0.05, 0) is 42.8 Å². The number of benzene rings is 2. The first-order valence-electron chi connectivity index (χ1n) is 8.61. The summed E-state index contributed by atoms with van der Waals surface area (Å²) in [5, 5.41) is 4.24. The van der Waals surface area contributed by atoms with Gasteiger partial charge in [0.25, 0.3) is 5.91 Å². The molecule has 2 amide bonds. The summed E-state index contributed by atoms with van der Waals surface area (Å²) < 4.78 is 8.09. The van der Waals surface area contributed by atoms with Crippen molar-refractivity contribution in [1.29, 1.82) is 0 Å². The predicted molar refractivity (Wildman–Crippen MR) is 108 cm³/mol. The van der Waals surface area contributed by atoms with Crippen LogP contribution in [0.25, 0.3) is 5.69 Å². The second kappa shape index (κ2) is 9.18. The summed E-state index contributed by atoms with van der Waals surface area (Å²) in [7, 11) is 0. The number of carbonyl (C=O) groups is 2. The lowest BCUT2D eigenvalue weighted by Crippen LogP contribution is -2.47. The maximum atomic E-state index is 12.1. The van der Waals surface area contributed by atoms with Crippen molar-refractivity contribution in [2.45, 2.75) is 19.4 Å². The Labute approximate surface area is 170 Å². The molecule has 1 heterocycles. The van der Waals surface area contributed by atoms with E-state index in [0.29, 0.717) is 5.75 Å². The standard InChI is InChI=1S/C20H19BrN4O3/c1-14(28-18-9-5-6-16(21)11-18)20(27)24-23-19(26)10-15-12-22-25(13-15)17-7-3-2-4-8-17/h2-9,11-14H,10H2,1H3,(H,23,26)(H,24,27)/t14-/m0/s1. The largest absolute Gasteiger partial charge is 0.481 e. The number of halogens is 1. The number of ether oxygens (including phenoxy) is 1. The van der Waals surface area contributed by atoms with Crippen molar-refractivity contribution in [3.8, 4) is 11.4 Å². The minimum Gasteiger partial charge on any atom is -0.481 e. The van der Waals surface area contributed by atoms with E-state index in [2.05, 4.69) is 31.9 Å². The highest BCUT2D eigenvalue weighted by atomic mass is 79.9. The molecule has 0 fully saturated rings. The van der Waals surface area contributed by atoms with E-state index in [4.69, 9.17) is 4.74 Å². The number of hydrogen-bond acceptors (Lipinski definition) is 4. The van der Waals surface area contributed by atoms with Gasteiger partial charge in [0.15, 0.2) is 6.10 Å². The third-order valence-electron chi connectivity index (χ3n) is 3.82. The molecule has 1 aromatic heterocycles. The van der Waals surface area contributed by atoms with Crippen LogP contribution in [0.1, 0.15) is 12.5 Å². The average molecular weight is 443 g/mol. The molecule has 0 radical (unpaired) electrons. The van der Waals surface area contributed by atoms with E-state index in [9.17, 15) is 9.59 Å². The van der Waals surface area contributed by atoms with Crippen LogP contribution in [0.15, 0.2) is 71.5 Å². The Kier molecular flexibility index (Phi) is 6.44. The zero-order chi connectivity index (χ0) is 19.9. The lowest BCUT2D eigenvalue weighted by molar-refractivity contribution is -0.132. The number of aromatic nitrogens is 2. The third kappa shape index (κ3) is 5.43. The second-order valence-corrected chi connectivity index (χ2v) is 6.98. The highest BCUT2D eigenvalue weighted by Gasteiger charge is 2.16. The van der Waals surface area contributed by atoms with Crippen LogP contribution >= 0.6 is 15.9 Å². The summed E-state index contributed by atoms with van der Waals surface area (Å²) in [5.74, 6) is -0.249. The van der Waals surface area contributed by atoms with Crippen molar-refractivity contribution in [3.63, 3.8) is 0 Å². The first-order valence-corrected chi connectivity index (χ1v) is 9.40.